The standard InChI is InChI=1S/C15H22FNO/c1-17-11-13(7-8-15-6-3-9-18-15)12-4-2-5-14(16)10-12/h2,4-5,10,13,15,17H,3,6-9,11H2,1H3. The summed E-state index contributed by atoms with van der Waals surface area (Å²) < 4.78 is 18.9. The van der Waals surface area contributed by atoms with Gasteiger partial charge in [0.2, 0.25) is 0 Å². The largest absolute Gasteiger partial charge is 0.378 e. The van der Waals surface area contributed by atoms with Crippen molar-refractivity contribution in [1.82, 2.24) is 5.32 Å². The second kappa shape index (κ2) is 6.86. The van der Waals surface area contributed by atoms with Crippen molar-refractivity contribution in [2.45, 2.75) is 37.7 Å². The maximum absolute atomic E-state index is 13.3. The molecule has 0 bridgehead atoms. The summed E-state index contributed by atoms with van der Waals surface area (Å²) in [5.41, 5.74) is 1.09. The third-order valence-electron chi connectivity index (χ3n) is 3.63. The van der Waals surface area contributed by atoms with Crippen molar-refractivity contribution in [2.24, 2.45) is 0 Å². The molecule has 18 heavy (non-hydrogen) atoms. The highest BCUT2D eigenvalue weighted by Crippen LogP contribution is 2.25. The van der Waals surface area contributed by atoms with Gasteiger partial charge in [0.15, 0.2) is 0 Å². The molecule has 3 heteroatoms. The predicted octanol–water partition coefficient (Wildman–Crippen LogP) is 3.09. The molecule has 1 aromatic rings. The number of halogens is 1. The molecule has 2 atom stereocenters. The molecule has 0 amide bonds. The third kappa shape index (κ3) is 3.79. The van der Waals surface area contributed by atoms with Crippen LogP contribution >= 0.6 is 0 Å². The van der Waals surface area contributed by atoms with Gasteiger partial charge in [-0.05, 0) is 56.3 Å². The van der Waals surface area contributed by atoms with E-state index >= 15 is 0 Å². The fourth-order valence-electron chi connectivity index (χ4n) is 2.65. The number of nitrogens with one attached hydrogen (secondary N) is 1. The van der Waals surface area contributed by atoms with E-state index in [-0.39, 0.29) is 5.82 Å². The van der Waals surface area contributed by atoms with Crippen LogP contribution in [-0.2, 0) is 4.74 Å². The van der Waals surface area contributed by atoms with E-state index in [4.69, 9.17) is 4.74 Å². The second-order valence-electron chi connectivity index (χ2n) is 5.02. The molecule has 1 heterocycles. The first-order valence-corrected chi connectivity index (χ1v) is 6.81. The molecule has 1 aliphatic rings. The normalized spacial score (nSPS) is 21.1. The van der Waals surface area contributed by atoms with Gasteiger partial charge in [-0.25, -0.2) is 4.39 Å². The number of ether oxygens (including phenoxy) is 1. The minimum Gasteiger partial charge on any atom is -0.378 e. The summed E-state index contributed by atoms with van der Waals surface area (Å²) in [6, 6.07) is 6.96. The molecule has 0 aromatic heterocycles. The van der Waals surface area contributed by atoms with Crippen LogP contribution in [-0.4, -0.2) is 26.3 Å². The van der Waals surface area contributed by atoms with Gasteiger partial charge in [-0.3, -0.25) is 0 Å². The highest BCUT2D eigenvalue weighted by Gasteiger charge is 2.18. The van der Waals surface area contributed by atoms with Crippen molar-refractivity contribution in [2.75, 3.05) is 20.2 Å². The lowest BCUT2D eigenvalue weighted by Crippen LogP contribution is -2.19. The third-order valence-corrected chi connectivity index (χ3v) is 3.63. The van der Waals surface area contributed by atoms with Gasteiger partial charge in [-0.2, -0.15) is 0 Å². The maximum atomic E-state index is 13.3. The molecule has 0 aliphatic carbocycles. The van der Waals surface area contributed by atoms with E-state index in [0.29, 0.717) is 12.0 Å². The Morgan fingerprint density at radius 1 is 1.50 bits per heavy atom. The fourth-order valence-corrected chi connectivity index (χ4v) is 2.65. The molecule has 1 aromatic carbocycles. The number of hydrogen-bond acceptors (Lipinski definition) is 2. The Morgan fingerprint density at radius 3 is 3.06 bits per heavy atom. The quantitative estimate of drug-likeness (QED) is 0.839. The van der Waals surface area contributed by atoms with E-state index < -0.39 is 0 Å². The van der Waals surface area contributed by atoms with Crippen LogP contribution in [0.1, 0.15) is 37.2 Å². The Hall–Kier alpha value is -0.930. The van der Waals surface area contributed by atoms with Gasteiger partial charge in [0, 0.05) is 13.2 Å². The summed E-state index contributed by atoms with van der Waals surface area (Å²) in [7, 11) is 1.94. The van der Waals surface area contributed by atoms with Gasteiger partial charge >= 0.3 is 0 Å². The highest BCUT2D eigenvalue weighted by atomic mass is 19.1. The average Bonchev–Trinajstić information content (AvgIpc) is 2.87. The van der Waals surface area contributed by atoms with Gasteiger partial charge in [-0.15, -0.1) is 0 Å². The number of hydrogen-bond donors (Lipinski definition) is 1. The zero-order valence-corrected chi connectivity index (χ0v) is 11.0. The number of benzene rings is 1. The molecule has 0 spiro atoms. The first-order valence-electron chi connectivity index (χ1n) is 6.81. The summed E-state index contributed by atoms with van der Waals surface area (Å²) in [5, 5.41) is 3.20. The lowest BCUT2D eigenvalue weighted by atomic mass is 9.92. The van der Waals surface area contributed by atoms with Crippen LogP contribution in [0.3, 0.4) is 0 Å². The van der Waals surface area contributed by atoms with Crippen LogP contribution in [0, 0.1) is 5.82 Å². The molecule has 0 saturated carbocycles. The van der Waals surface area contributed by atoms with Gasteiger partial charge in [0.05, 0.1) is 6.10 Å². The van der Waals surface area contributed by atoms with Crippen molar-refractivity contribution in [3.8, 4) is 0 Å². The molecule has 2 nitrogen and oxygen atoms in total. The van der Waals surface area contributed by atoms with Crippen LogP contribution in [0.15, 0.2) is 24.3 Å². The van der Waals surface area contributed by atoms with Gasteiger partial charge < -0.3 is 10.1 Å². The molecule has 2 unspecified atom stereocenters. The molecule has 100 valence electrons. The molecule has 1 fully saturated rings. The van der Waals surface area contributed by atoms with Gasteiger partial charge in [0.25, 0.3) is 0 Å². The summed E-state index contributed by atoms with van der Waals surface area (Å²) in [6.07, 6.45) is 4.90. The molecular weight excluding hydrogens is 229 g/mol. The van der Waals surface area contributed by atoms with E-state index in [1.165, 1.54) is 18.9 Å². The zero-order valence-electron chi connectivity index (χ0n) is 11.0. The minimum atomic E-state index is -0.147. The first kappa shape index (κ1) is 13.5. The Balaban J connectivity index is 1.94. The average molecular weight is 251 g/mol. The van der Waals surface area contributed by atoms with E-state index in [2.05, 4.69) is 5.32 Å². The SMILES string of the molecule is CNCC(CCC1CCCO1)c1cccc(F)c1. The Bertz CT molecular complexity index is 363. The van der Waals surface area contributed by atoms with Crippen LogP contribution in [0.4, 0.5) is 4.39 Å². The van der Waals surface area contributed by atoms with Crippen molar-refractivity contribution >= 4 is 0 Å². The zero-order chi connectivity index (χ0) is 12.8. The van der Waals surface area contributed by atoms with Crippen LogP contribution in [0.2, 0.25) is 0 Å². The molecule has 0 radical (unpaired) electrons. The molecule has 1 saturated heterocycles. The molecule has 1 N–H and O–H groups in total. The summed E-state index contributed by atoms with van der Waals surface area (Å²) in [5.74, 6) is 0.223. The fraction of sp³-hybridized carbons (Fsp3) is 0.600. The smallest absolute Gasteiger partial charge is 0.123 e. The minimum absolute atomic E-state index is 0.147. The van der Waals surface area contributed by atoms with E-state index in [0.717, 1.165) is 31.6 Å². The van der Waals surface area contributed by atoms with Crippen molar-refractivity contribution in [1.29, 1.82) is 0 Å². The Morgan fingerprint density at radius 2 is 2.39 bits per heavy atom. The molecular formula is C15H22FNO. The Kier molecular flexibility index (Phi) is 5.14. The lowest BCUT2D eigenvalue weighted by Gasteiger charge is -2.19. The predicted molar refractivity (Wildman–Crippen MR) is 71.3 cm³/mol. The topological polar surface area (TPSA) is 21.3 Å². The monoisotopic (exact) mass is 251 g/mol. The van der Waals surface area contributed by atoms with Crippen LogP contribution < -0.4 is 5.32 Å². The van der Waals surface area contributed by atoms with E-state index in [9.17, 15) is 4.39 Å². The van der Waals surface area contributed by atoms with Gasteiger partial charge in [0.1, 0.15) is 5.82 Å². The van der Waals surface area contributed by atoms with Crippen LogP contribution in [0.5, 0.6) is 0 Å². The second-order valence-corrected chi connectivity index (χ2v) is 5.02. The van der Waals surface area contributed by atoms with Crippen molar-refractivity contribution < 1.29 is 9.13 Å². The van der Waals surface area contributed by atoms with Crippen LogP contribution in [0.25, 0.3) is 0 Å². The Labute approximate surface area is 109 Å². The molecule has 1 aliphatic heterocycles. The number of likely N-dealkylation sites (N-methyl/N-ethyl adjacent to an activating group) is 1. The van der Waals surface area contributed by atoms with Crippen molar-refractivity contribution in [3.05, 3.63) is 35.6 Å². The first-order chi connectivity index (χ1) is 8.79. The van der Waals surface area contributed by atoms with E-state index in [1.807, 2.05) is 13.1 Å². The lowest BCUT2D eigenvalue weighted by molar-refractivity contribution is 0.101. The summed E-state index contributed by atoms with van der Waals surface area (Å²) >= 11 is 0. The van der Waals surface area contributed by atoms with Crippen molar-refractivity contribution in [3.63, 3.8) is 0 Å². The van der Waals surface area contributed by atoms with E-state index in [1.54, 1.807) is 12.1 Å². The highest BCUT2D eigenvalue weighted by molar-refractivity contribution is 5.21. The summed E-state index contributed by atoms with van der Waals surface area (Å²) in [4.78, 5) is 0. The van der Waals surface area contributed by atoms with Gasteiger partial charge in [-0.1, -0.05) is 12.1 Å². The molecule has 2 rings (SSSR count). The number of rotatable bonds is 6. The maximum Gasteiger partial charge on any atom is 0.123 e. The summed E-state index contributed by atoms with van der Waals surface area (Å²) in [6.45, 7) is 1.79.